The van der Waals surface area contributed by atoms with E-state index < -0.39 is 0 Å². The van der Waals surface area contributed by atoms with Crippen LogP contribution < -0.4 is 10.1 Å². The van der Waals surface area contributed by atoms with Crippen molar-refractivity contribution in [2.75, 3.05) is 5.32 Å². The first-order valence-corrected chi connectivity index (χ1v) is 11.4. The third kappa shape index (κ3) is 4.83. The van der Waals surface area contributed by atoms with Crippen LogP contribution in [0.1, 0.15) is 43.6 Å². The highest BCUT2D eigenvalue weighted by Gasteiger charge is 2.19. The Morgan fingerprint density at radius 2 is 1.91 bits per heavy atom. The van der Waals surface area contributed by atoms with Crippen molar-refractivity contribution in [1.82, 2.24) is 19.6 Å². The highest BCUT2D eigenvalue weighted by molar-refractivity contribution is 7.12. The zero-order valence-corrected chi connectivity index (χ0v) is 20.1. The molecule has 1 aromatic carbocycles. The molecule has 0 fully saturated rings. The van der Waals surface area contributed by atoms with Crippen molar-refractivity contribution in [2.24, 2.45) is 7.05 Å². The minimum absolute atomic E-state index is 0.198. The Bertz CT molecular complexity index is 1320. The van der Waals surface area contributed by atoms with Gasteiger partial charge in [-0.05, 0) is 51.3 Å². The summed E-state index contributed by atoms with van der Waals surface area (Å²) in [5, 5.41) is 14.0. The van der Waals surface area contributed by atoms with Crippen LogP contribution >= 0.6 is 11.3 Å². The summed E-state index contributed by atoms with van der Waals surface area (Å²) < 4.78 is 22.7. The first kappa shape index (κ1) is 22.7. The molecule has 0 aliphatic heterocycles. The molecule has 0 radical (unpaired) electrons. The minimum Gasteiger partial charge on any atom is -0.489 e. The first-order chi connectivity index (χ1) is 15.7. The number of ether oxygens (including phenoxy) is 1. The molecule has 3 heterocycles. The van der Waals surface area contributed by atoms with Crippen LogP contribution in [0, 0.1) is 33.5 Å². The van der Waals surface area contributed by atoms with Crippen molar-refractivity contribution in [2.45, 2.75) is 40.8 Å². The lowest BCUT2D eigenvalue weighted by Gasteiger charge is -2.07. The monoisotopic (exact) mass is 467 g/mol. The molecule has 4 rings (SSSR count). The summed E-state index contributed by atoms with van der Waals surface area (Å²) >= 11 is 1.34. The van der Waals surface area contributed by atoms with Gasteiger partial charge < -0.3 is 10.1 Å². The van der Waals surface area contributed by atoms with Crippen LogP contribution in [0.2, 0.25) is 0 Å². The fourth-order valence-electron chi connectivity index (χ4n) is 3.70. The average Bonchev–Trinajstić information content (AvgIpc) is 3.42. The highest BCUT2D eigenvalue weighted by atomic mass is 32.1. The van der Waals surface area contributed by atoms with Gasteiger partial charge in [0.25, 0.3) is 5.91 Å². The molecule has 0 unspecified atom stereocenters. The molecule has 0 aliphatic carbocycles. The lowest BCUT2D eigenvalue weighted by molar-refractivity contribution is 0.103. The number of aromatic nitrogens is 4. The van der Waals surface area contributed by atoms with Crippen molar-refractivity contribution in [3.63, 3.8) is 0 Å². The predicted molar refractivity (Wildman–Crippen MR) is 126 cm³/mol. The summed E-state index contributed by atoms with van der Waals surface area (Å²) in [6.07, 6.45) is 0. The zero-order chi connectivity index (χ0) is 23.7. The van der Waals surface area contributed by atoms with E-state index in [0.717, 1.165) is 33.9 Å². The molecule has 1 amide bonds. The molecule has 1 N–H and O–H groups in total. The van der Waals surface area contributed by atoms with E-state index >= 15 is 0 Å². The van der Waals surface area contributed by atoms with Gasteiger partial charge in [-0.1, -0.05) is 6.07 Å². The summed E-state index contributed by atoms with van der Waals surface area (Å²) in [7, 11) is 1.93. The Morgan fingerprint density at radius 3 is 2.61 bits per heavy atom. The van der Waals surface area contributed by atoms with E-state index in [1.165, 1.54) is 23.5 Å². The maximum Gasteiger partial charge on any atom is 0.265 e. The number of amides is 1. The fourth-order valence-corrected chi connectivity index (χ4v) is 4.49. The van der Waals surface area contributed by atoms with E-state index in [1.807, 2.05) is 49.5 Å². The molecule has 0 bridgehead atoms. The quantitative estimate of drug-likeness (QED) is 0.418. The van der Waals surface area contributed by atoms with Crippen molar-refractivity contribution >= 4 is 22.9 Å². The van der Waals surface area contributed by atoms with Crippen LogP contribution in [-0.4, -0.2) is 25.5 Å². The van der Waals surface area contributed by atoms with E-state index in [1.54, 1.807) is 18.2 Å². The number of carbonyl (C=O) groups is 1. The largest absolute Gasteiger partial charge is 0.489 e. The van der Waals surface area contributed by atoms with Gasteiger partial charge in [0.1, 0.15) is 18.2 Å². The van der Waals surface area contributed by atoms with Gasteiger partial charge in [-0.15, -0.1) is 11.3 Å². The van der Waals surface area contributed by atoms with Gasteiger partial charge in [-0.3, -0.25) is 14.2 Å². The number of hydrogen-bond donors (Lipinski definition) is 1. The molecule has 0 aliphatic rings. The second-order valence-electron chi connectivity index (χ2n) is 8.00. The number of nitrogens with zero attached hydrogens (tertiary/aromatic N) is 4. The number of hydrogen-bond acceptors (Lipinski definition) is 5. The molecular weight excluding hydrogens is 441 g/mol. The first-order valence-electron chi connectivity index (χ1n) is 10.5. The molecule has 4 aromatic rings. The van der Waals surface area contributed by atoms with Crippen molar-refractivity contribution in [3.8, 4) is 5.75 Å². The SMILES string of the molecule is Cc1nn(C)c(C)c1Cn1nc(C)c(NC(=O)c2cc(COc3cccc(F)c3)cs2)c1C. The Kier molecular flexibility index (Phi) is 6.33. The highest BCUT2D eigenvalue weighted by Crippen LogP contribution is 2.25. The topological polar surface area (TPSA) is 74.0 Å². The third-order valence-electron chi connectivity index (χ3n) is 5.67. The van der Waals surface area contributed by atoms with E-state index in [0.29, 0.717) is 22.9 Å². The Labute approximate surface area is 195 Å². The van der Waals surface area contributed by atoms with Gasteiger partial charge in [-0.2, -0.15) is 10.2 Å². The number of nitrogens with one attached hydrogen (secondary N) is 1. The summed E-state index contributed by atoms with van der Waals surface area (Å²) in [6.45, 7) is 8.71. The lowest BCUT2D eigenvalue weighted by Crippen LogP contribution is -2.12. The van der Waals surface area contributed by atoms with Crippen LogP contribution in [0.25, 0.3) is 0 Å². The fraction of sp³-hybridized carbons (Fsp3) is 0.292. The number of halogens is 1. The van der Waals surface area contributed by atoms with Crippen LogP contribution in [0.3, 0.4) is 0 Å². The number of thiophene rings is 1. The van der Waals surface area contributed by atoms with Gasteiger partial charge in [-0.25, -0.2) is 4.39 Å². The second kappa shape index (κ2) is 9.19. The minimum atomic E-state index is -0.349. The van der Waals surface area contributed by atoms with E-state index in [2.05, 4.69) is 15.5 Å². The number of rotatable bonds is 7. The molecule has 0 atom stereocenters. The molecule has 33 heavy (non-hydrogen) atoms. The molecule has 7 nitrogen and oxygen atoms in total. The van der Waals surface area contributed by atoms with Gasteiger partial charge in [0.15, 0.2) is 0 Å². The average molecular weight is 468 g/mol. The summed E-state index contributed by atoms with van der Waals surface area (Å²) in [5.74, 6) is -0.0977. The number of aryl methyl sites for hydroxylation is 3. The van der Waals surface area contributed by atoms with Crippen molar-refractivity contribution in [1.29, 1.82) is 0 Å². The number of carbonyl (C=O) groups excluding carboxylic acids is 1. The van der Waals surface area contributed by atoms with E-state index in [-0.39, 0.29) is 18.3 Å². The van der Waals surface area contributed by atoms with Gasteiger partial charge in [0.2, 0.25) is 0 Å². The van der Waals surface area contributed by atoms with Crippen molar-refractivity contribution < 1.29 is 13.9 Å². The maximum absolute atomic E-state index is 13.3. The smallest absolute Gasteiger partial charge is 0.265 e. The lowest BCUT2D eigenvalue weighted by atomic mass is 10.2. The van der Waals surface area contributed by atoms with Crippen molar-refractivity contribution in [3.05, 3.63) is 80.3 Å². The zero-order valence-electron chi connectivity index (χ0n) is 19.3. The molecule has 9 heteroatoms. The normalized spacial score (nSPS) is 11.1. The number of benzene rings is 1. The molecular formula is C24H26FN5O2S. The van der Waals surface area contributed by atoms with Gasteiger partial charge in [0.05, 0.1) is 34.2 Å². The molecule has 172 valence electrons. The van der Waals surface area contributed by atoms with Gasteiger partial charge >= 0.3 is 0 Å². The van der Waals surface area contributed by atoms with E-state index in [4.69, 9.17) is 4.74 Å². The summed E-state index contributed by atoms with van der Waals surface area (Å²) in [6, 6.07) is 7.78. The predicted octanol–water partition coefficient (Wildman–Crippen LogP) is 4.93. The Hall–Kier alpha value is -3.46. The van der Waals surface area contributed by atoms with E-state index in [9.17, 15) is 9.18 Å². The Morgan fingerprint density at radius 1 is 1.12 bits per heavy atom. The maximum atomic E-state index is 13.3. The summed E-state index contributed by atoms with van der Waals surface area (Å²) in [4.78, 5) is 13.5. The Balaban J connectivity index is 1.44. The van der Waals surface area contributed by atoms with Crippen LogP contribution in [0.15, 0.2) is 35.7 Å². The van der Waals surface area contributed by atoms with Gasteiger partial charge in [0, 0.05) is 29.9 Å². The second-order valence-corrected chi connectivity index (χ2v) is 8.91. The third-order valence-corrected chi connectivity index (χ3v) is 6.64. The van der Waals surface area contributed by atoms with Crippen LogP contribution in [0.5, 0.6) is 5.75 Å². The molecule has 0 saturated heterocycles. The molecule has 0 saturated carbocycles. The van der Waals surface area contributed by atoms with Crippen LogP contribution in [-0.2, 0) is 20.2 Å². The van der Waals surface area contributed by atoms with Crippen LogP contribution in [0.4, 0.5) is 10.1 Å². The number of anilines is 1. The molecule has 0 spiro atoms. The molecule has 3 aromatic heterocycles. The standard InChI is InChI=1S/C24H26FN5O2S/c1-14-21(16(3)29(5)27-14)11-30-17(4)23(15(2)28-30)26-24(31)22-9-18(13-33-22)12-32-20-8-6-7-19(25)10-20/h6-10,13H,11-12H2,1-5H3,(H,26,31). The summed E-state index contributed by atoms with van der Waals surface area (Å²) in [5.41, 5.74) is 6.39.